The van der Waals surface area contributed by atoms with Crippen LogP contribution in [-0.4, -0.2) is 38.9 Å². The molecule has 0 unspecified atom stereocenters. The van der Waals surface area contributed by atoms with Crippen molar-refractivity contribution in [1.82, 2.24) is 20.2 Å². The fraction of sp³-hybridized carbons (Fsp3) is 0.222. The third kappa shape index (κ3) is 5.13. The lowest BCUT2D eigenvalue weighted by molar-refractivity contribution is -0.176. The predicted molar refractivity (Wildman–Crippen MR) is 94.3 cm³/mol. The summed E-state index contributed by atoms with van der Waals surface area (Å²) in [7, 11) is 1.71. The summed E-state index contributed by atoms with van der Waals surface area (Å²) in [5.41, 5.74) is 2.20. The van der Waals surface area contributed by atoms with Crippen LogP contribution in [0.3, 0.4) is 0 Å². The number of ether oxygens (including phenoxy) is 1. The van der Waals surface area contributed by atoms with E-state index in [-0.39, 0.29) is 12.5 Å². The first kappa shape index (κ1) is 19.5. The quantitative estimate of drug-likeness (QED) is 0.698. The number of rotatable bonds is 6. The maximum Gasteiger partial charge on any atom is 0.411 e. The number of hydrogen-bond acceptors (Lipinski definition) is 5. The summed E-state index contributed by atoms with van der Waals surface area (Å²) >= 11 is 0. The van der Waals surface area contributed by atoms with Crippen LogP contribution in [0.5, 0.6) is 0 Å². The monoisotopic (exact) mass is 391 g/mol. The Morgan fingerprint density at radius 1 is 1.18 bits per heavy atom. The number of aromatic nitrogens is 4. The molecule has 0 bridgehead atoms. The zero-order chi connectivity index (χ0) is 20.1. The molecule has 1 amide bonds. The molecule has 0 spiro atoms. The predicted octanol–water partition coefficient (Wildman–Crippen LogP) is 3.21. The Labute approximate surface area is 158 Å². The van der Waals surface area contributed by atoms with Crippen molar-refractivity contribution in [2.75, 3.05) is 11.9 Å². The molecule has 0 aliphatic heterocycles. The number of halogens is 3. The molecule has 0 saturated carbocycles. The van der Waals surface area contributed by atoms with E-state index in [0.29, 0.717) is 22.6 Å². The van der Waals surface area contributed by atoms with Gasteiger partial charge in [-0.05, 0) is 40.3 Å². The number of amides is 1. The number of aryl methyl sites for hydroxylation is 1. The minimum atomic E-state index is -4.37. The van der Waals surface area contributed by atoms with Gasteiger partial charge in [0.25, 0.3) is 5.91 Å². The topological polar surface area (TPSA) is 81.9 Å². The molecule has 0 aliphatic carbocycles. The van der Waals surface area contributed by atoms with Crippen LogP contribution < -0.4 is 5.32 Å². The van der Waals surface area contributed by atoms with Crippen molar-refractivity contribution in [2.24, 2.45) is 7.05 Å². The smallest absolute Gasteiger partial charge is 0.367 e. The highest BCUT2D eigenvalue weighted by Gasteiger charge is 2.27. The van der Waals surface area contributed by atoms with Crippen LogP contribution in [0.25, 0.3) is 11.4 Å². The van der Waals surface area contributed by atoms with Gasteiger partial charge in [-0.15, -0.1) is 5.10 Å². The first-order valence-electron chi connectivity index (χ1n) is 8.19. The number of carbonyl (C=O) groups excluding carboxylic acids is 1. The molecular weight excluding hydrogens is 375 g/mol. The molecule has 3 aromatic rings. The standard InChI is InChI=1S/C18H16F3N5O2/c1-26-16(23-24-25-26)14-3-2-4-15(9-14)22-17(27)13-7-5-12(6-8-13)10-28-11-18(19,20)21/h2-9H,10-11H2,1H3,(H,22,27). The molecule has 10 heteroatoms. The number of tetrazole rings is 1. The molecule has 0 saturated heterocycles. The van der Waals surface area contributed by atoms with Crippen molar-refractivity contribution in [3.05, 3.63) is 59.7 Å². The first-order chi connectivity index (χ1) is 13.3. The van der Waals surface area contributed by atoms with Crippen LogP contribution in [0.1, 0.15) is 15.9 Å². The van der Waals surface area contributed by atoms with Gasteiger partial charge < -0.3 is 10.1 Å². The molecule has 146 valence electrons. The zero-order valence-electron chi connectivity index (χ0n) is 14.8. The van der Waals surface area contributed by atoms with Crippen LogP contribution in [0.15, 0.2) is 48.5 Å². The Hall–Kier alpha value is -3.27. The lowest BCUT2D eigenvalue weighted by atomic mass is 10.1. The van der Waals surface area contributed by atoms with E-state index >= 15 is 0 Å². The lowest BCUT2D eigenvalue weighted by Crippen LogP contribution is -2.16. The number of hydrogen-bond donors (Lipinski definition) is 1. The number of nitrogens with zero attached hydrogens (tertiary/aromatic N) is 4. The van der Waals surface area contributed by atoms with Gasteiger partial charge in [0, 0.05) is 23.9 Å². The Morgan fingerprint density at radius 2 is 1.93 bits per heavy atom. The third-order valence-electron chi connectivity index (χ3n) is 3.75. The molecule has 1 heterocycles. The normalized spacial score (nSPS) is 11.4. The van der Waals surface area contributed by atoms with Gasteiger partial charge >= 0.3 is 6.18 Å². The van der Waals surface area contributed by atoms with Gasteiger partial charge in [0.05, 0.1) is 6.61 Å². The minimum Gasteiger partial charge on any atom is -0.367 e. The molecule has 0 aliphatic rings. The van der Waals surface area contributed by atoms with E-state index in [1.807, 2.05) is 6.07 Å². The Bertz CT molecular complexity index is 954. The van der Waals surface area contributed by atoms with E-state index in [1.54, 1.807) is 37.4 Å². The SMILES string of the molecule is Cn1nnnc1-c1cccc(NC(=O)c2ccc(COCC(F)(F)F)cc2)c1. The summed E-state index contributed by atoms with van der Waals surface area (Å²) < 4.78 is 42.4. The van der Waals surface area contributed by atoms with Crippen LogP contribution in [0, 0.1) is 0 Å². The largest absolute Gasteiger partial charge is 0.411 e. The molecule has 2 aromatic carbocycles. The number of alkyl halides is 3. The van der Waals surface area contributed by atoms with Gasteiger partial charge in [0.2, 0.25) is 0 Å². The summed E-state index contributed by atoms with van der Waals surface area (Å²) in [5, 5.41) is 14.0. The van der Waals surface area contributed by atoms with Crippen molar-refractivity contribution in [2.45, 2.75) is 12.8 Å². The van der Waals surface area contributed by atoms with Gasteiger partial charge in [-0.25, -0.2) is 4.68 Å². The van der Waals surface area contributed by atoms with E-state index in [4.69, 9.17) is 0 Å². The van der Waals surface area contributed by atoms with Gasteiger partial charge in [0.1, 0.15) is 6.61 Å². The molecule has 1 aromatic heterocycles. The molecule has 0 radical (unpaired) electrons. The summed E-state index contributed by atoms with van der Waals surface area (Å²) in [5.74, 6) is 0.204. The van der Waals surface area contributed by atoms with Crippen molar-refractivity contribution in [3.8, 4) is 11.4 Å². The number of benzene rings is 2. The molecule has 28 heavy (non-hydrogen) atoms. The minimum absolute atomic E-state index is 0.185. The molecular formula is C18H16F3N5O2. The highest BCUT2D eigenvalue weighted by molar-refractivity contribution is 6.04. The Morgan fingerprint density at radius 3 is 2.57 bits per heavy atom. The average Bonchev–Trinajstić information content (AvgIpc) is 3.07. The average molecular weight is 391 g/mol. The van der Waals surface area contributed by atoms with Crippen LogP contribution in [0.2, 0.25) is 0 Å². The van der Waals surface area contributed by atoms with Gasteiger partial charge in [-0.3, -0.25) is 4.79 Å². The van der Waals surface area contributed by atoms with E-state index < -0.39 is 12.8 Å². The van der Waals surface area contributed by atoms with Crippen molar-refractivity contribution in [1.29, 1.82) is 0 Å². The van der Waals surface area contributed by atoms with Crippen LogP contribution >= 0.6 is 0 Å². The Balaban J connectivity index is 1.63. The number of anilines is 1. The van der Waals surface area contributed by atoms with Crippen molar-refractivity contribution < 1.29 is 22.7 Å². The van der Waals surface area contributed by atoms with Crippen molar-refractivity contribution >= 4 is 11.6 Å². The molecule has 3 rings (SSSR count). The summed E-state index contributed by atoms with van der Waals surface area (Å²) in [4.78, 5) is 12.4. The van der Waals surface area contributed by atoms with Gasteiger partial charge in [-0.1, -0.05) is 24.3 Å². The second-order valence-corrected chi connectivity index (χ2v) is 5.97. The zero-order valence-corrected chi connectivity index (χ0v) is 14.8. The summed E-state index contributed by atoms with van der Waals surface area (Å²) in [6.45, 7) is -1.50. The molecule has 1 N–H and O–H groups in total. The highest BCUT2D eigenvalue weighted by atomic mass is 19.4. The maximum atomic E-state index is 12.4. The molecule has 0 atom stereocenters. The fourth-order valence-corrected chi connectivity index (χ4v) is 2.45. The highest BCUT2D eigenvalue weighted by Crippen LogP contribution is 2.20. The molecule has 7 nitrogen and oxygen atoms in total. The Kier molecular flexibility index (Phi) is 5.69. The van der Waals surface area contributed by atoms with E-state index in [2.05, 4.69) is 25.6 Å². The second-order valence-electron chi connectivity index (χ2n) is 5.97. The first-order valence-corrected chi connectivity index (χ1v) is 8.19. The van der Waals surface area contributed by atoms with E-state index in [9.17, 15) is 18.0 Å². The third-order valence-corrected chi connectivity index (χ3v) is 3.75. The fourth-order valence-electron chi connectivity index (χ4n) is 2.45. The summed E-state index contributed by atoms with van der Waals surface area (Å²) in [6.07, 6.45) is -4.37. The second kappa shape index (κ2) is 8.17. The van der Waals surface area contributed by atoms with Crippen LogP contribution in [0.4, 0.5) is 18.9 Å². The maximum absolute atomic E-state index is 12.4. The summed E-state index contributed by atoms with van der Waals surface area (Å²) in [6, 6.07) is 13.2. The van der Waals surface area contributed by atoms with E-state index in [1.165, 1.54) is 16.8 Å². The molecule has 0 fully saturated rings. The van der Waals surface area contributed by atoms with Gasteiger partial charge in [0.15, 0.2) is 5.82 Å². The number of carbonyl (C=O) groups is 1. The number of nitrogens with one attached hydrogen (secondary N) is 1. The van der Waals surface area contributed by atoms with Gasteiger partial charge in [-0.2, -0.15) is 13.2 Å². The lowest BCUT2D eigenvalue weighted by Gasteiger charge is -2.09. The van der Waals surface area contributed by atoms with Crippen LogP contribution in [-0.2, 0) is 18.4 Å². The van der Waals surface area contributed by atoms with E-state index in [0.717, 1.165) is 5.56 Å². The van der Waals surface area contributed by atoms with Crippen molar-refractivity contribution in [3.63, 3.8) is 0 Å².